The number of para-hydroxylation sites is 1. The molecule has 124 valence electrons. The van der Waals surface area contributed by atoms with Crippen LogP contribution in [0.4, 0.5) is 11.4 Å². The van der Waals surface area contributed by atoms with Crippen LogP contribution in [0.25, 0.3) is 10.8 Å². The van der Waals surface area contributed by atoms with Crippen LogP contribution in [-0.4, -0.2) is 11.6 Å². The molecule has 0 unspecified atom stereocenters. The topological polar surface area (TPSA) is 32.3 Å². The van der Waals surface area contributed by atoms with Crippen molar-refractivity contribution in [2.24, 2.45) is 0 Å². The second-order valence-corrected chi connectivity index (χ2v) is 7.08. The Morgan fingerprint density at radius 1 is 0.840 bits per heavy atom. The van der Waals surface area contributed by atoms with Crippen LogP contribution in [0.15, 0.2) is 66.7 Å². The summed E-state index contributed by atoms with van der Waals surface area (Å²) in [6.07, 6.45) is 4.26. The molecule has 1 N–H and O–H groups in total. The Kier molecular flexibility index (Phi) is 3.11. The minimum absolute atomic E-state index is 0.104. The standard InChI is InChI=1S/C22H20N2O/c25-21-19-14-16-8-4-5-9-17(16)15-20(19)23-22(12-6-7-13-22)24(21)18-10-2-1-3-11-18/h1-5,8-11,14-15,23H,6-7,12-13H2. The van der Waals surface area contributed by atoms with Crippen LogP contribution in [0, 0.1) is 0 Å². The first-order valence-electron chi connectivity index (χ1n) is 8.97. The van der Waals surface area contributed by atoms with Gasteiger partial charge in [-0.15, -0.1) is 0 Å². The molecule has 1 spiro atoms. The summed E-state index contributed by atoms with van der Waals surface area (Å²) in [6.45, 7) is 0. The summed E-state index contributed by atoms with van der Waals surface area (Å²) in [5.41, 5.74) is 2.41. The van der Waals surface area contributed by atoms with Gasteiger partial charge >= 0.3 is 0 Å². The van der Waals surface area contributed by atoms with Gasteiger partial charge in [-0.05, 0) is 60.7 Å². The number of rotatable bonds is 1. The number of carbonyl (C=O) groups is 1. The smallest absolute Gasteiger partial charge is 0.262 e. The van der Waals surface area contributed by atoms with Gasteiger partial charge in [0.2, 0.25) is 0 Å². The van der Waals surface area contributed by atoms with E-state index >= 15 is 0 Å². The fourth-order valence-corrected chi connectivity index (χ4v) is 4.39. The first-order chi connectivity index (χ1) is 12.3. The van der Waals surface area contributed by atoms with Gasteiger partial charge in [0.15, 0.2) is 0 Å². The highest BCUT2D eigenvalue weighted by atomic mass is 16.2. The van der Waals surface area contributed by atoms with Gasteiger partial charge in [-0.1, -0.05) is 42.5 Å². The lowest BCUT2D eigenvalue weighted by molar-refractivity contribution is 0.0954. The summed E-state index contributed by atoms with van der Waals surface area (Å²) in [5.74, 6) is 0.104. The Morgan fingerprint density at radius 2 is 1.48 bits per heavy atom. The number of nitrogens with zero attached hydrogens (tertiary/aromatic N) is 1. The molecule has 1 aliphatic heterocycles. The summed E-state index contributed by atoms with van der Waals surface area (Å²) in [5, 5.41) is 6.02. The third kappa shape index (κ3) is 2.15. The van der Waals surface area contributed by atoms with E-state index in [0.29, 0.717) is 0 Å². The van der Waals surface area contributed by atoms with Gasteiger partial charge in [-0.2, -0.15) is 0 Å². The third-order valence-electron chi connectivity index (χ3n) is 5.56. The van der Waals surface area contributed by atoms with Crippen LogP contribution in [0.5, 0.6) is 0 Å². The van der Waals surface area contributed by atoms with Gasteiger partial charge in [0.25, 0.3) is 5.91 Å². The third-order valence-corrected chi connectivity index (χ3v) is 5.56. The summed E-state index contributed by atoms with van der Waals surface area (Å²) >= 11 is 0. The molecule has 1 heterocycles. The Labute approximate surface area is 147 Å². The molecule has 3 heteroatoms. The molecule has 0 radical (unpaired) electrons. The number of anilines is 2. The quantitative estimate of drug-likeness (QED) is 0.667. The highest BCUT2D eigenvalue weighted by Crippen LogP contribution is 2.44. The van der Waals surface area contributed by atoms with Crippen molar-refractivity contribution >= 4 is 28.1 Å². The number of hydrogen-bond donors (Lipinski definition) is 1. The number of amides is 1. The van der Waals surface area contributed by atoms with Crippen LogP contribution in [-0.2, 0) is 0 Å². The van der Waals surface area contributed by atoms with Crippen LogP contribution >= 0.6 is 0 Å². The van der Waals surface area contributed by atoms with Gasteiger partial charge in [0.05, 0.1) is 5.56 Å². The number of nitrogens with one attached hydrogen (secondary N) is 1. The lowest BCUT2D eigenvalue weighted by atomic mass is 9.94. The van der Waals surface area contributed by atoms with E-state index in [4.69, 9.17) is 0 Å². The monoisotopic (exact) mass is 328 g/mol. The van der Waals surface area contributed by atoms with E-state index in [1.54, 1.807) is 0 Å². The lowest BCUT2D eigenvalue weighted by Crippen LogP contribution is -2.59. The molecule has 0 saturated heterocycles. The van der Waals surface area contributed by atoms with Gasteiger partial charge < -0.3 is 5.32 Å². The largest absolute Gasteiger partial charge is 0.362 e. The molecule has 1 amide bonds. The summed E-state index contributed by atoms with van der Waals surface area (Å²) in [6, 6.07) is 22.4. The SMILES string of the molecule is O=C1c2cc3ccccc3cc2NC2(CCCC2)N1c1ccccc1. The summed E-state index contributed by atoms with van der Waals surface area (Å²) in [7, 11) is 0. The summed E-state index contributed by atoms with van der Waals surface area (Å²) < 4.78 is 0. The molecule has 1 fully saturated rings. The normalized spacial score (nSPS) is 18.4. The molecule has 3 aromatic rings. The average molecular weight is 328 g/mol. The van der Waals surface area contributed by atoms with E-state index in [2.05, 4.69) is 23.5 Å². The molecule has 25 heavy (non-hydrogen) atoms. The lowest BCUT2D eigenvalue weighted by Gasteiger charge is -2.46. The zero-order chi connectivity index (χ0) is 16.9. The van der Waals surface area contributed by atoms with Crippen molar-refractivity contribution < 1.29 is 4.79 Å². The van der Waals surface area contributed by atoms with Crippen LogP contribution in [0.2, 0.25) is 0 Å². The van der Waals surface area contributed by atoms with Gasteiger partial charge in [-0.25, -0.2) is 0 Å². The summed E-state index contributed by atoms with van der Waals surface area (Å²) in [4.78, 5) is 15.5. The number of benzene rings is 3. The maximum absolute atomic E-state index is 13.5. The zero-order valence-corrected chi connectivity index (χ0v) is 14.0. The molecule has 0 atom stereocenters. The van der Waals surface area contributed by atoms with E-state index in [-0.39, 0.29) is 11.6 Å². The second kappa shape index (κ2) is 5.35. The van der Waals surface area contributed by atoms with Gasteiger partial charge in [-0.3, -0.25) is 9.69 Å². The molecule has 0 bridgehead atoms. The fourth-order valence-electron chi connectivity index (χ4n) is 4.39. The molecule has 5 rings (SSSR count). The second-order valence-electron chi connectivity index (χ2n) is 7.08. The Bertz CT molecular complexity index is 958. The van der Waals surface area contributed by atoms with Crippen molar-refractivity contribution in [1.29, 1.82) is 0 Å². The van der Waals surface area contributed by atoms with Crippen molar-refractivity contribution in [2.75, 3.05) is 10.2 Å². The molecular weight excluding hydrogens is 308 g/mol. The Morgan fingerprint density at radius 3 is 2.20 bits per heavy atom. The molecule has 3 nitrogen and oxygen atoms in total. The maximum atomic E-state index is 13.5. The highest BCUT2D eigenvalue weighted by Gasteiger charge is 2.47. The van der Waals surface area contributed by atoms with Crippen molar-refractivity contribution in [2.45, 2.75) is 31.3 Å². The van der Waals surface area contributed by atoms with E-state index in [1.165, 1.54) is 5.39 Å². The predicted octanol–water partition coefficient (Wildman–Crippen LogP) is 5.18. The van der Waals surface area contributed by atoms with Crippen LogP contribution in [0.3, 0.4) is 0 Å². The van der Waals surface area contributed by atoms with Crippen LogP contribution in [0.1, 0.15) is 36.0 Å². The Hall–Kier alpha value is -2.81. The van der Waals surface area contributed by atoms with Gasteiger partial charge in [0.1, 0.15) is 5.66 Å². The van der Waals surface area contributed by atoms with E-state index in [9.17, 15) is 4.79 Å². The first kappa shape index (κ1) is 14.5. The molecular formula is C22H20N2O. The maximum Gasteiger partial charge on any atom is 0.262 e. The van der Waals surface area contributed by atoms with Gasteiger partial charge in [0, 0.05) is 11.4 Å². The van der Waals surface area contributed by atoms with Crippen molar-refractivity contribution in [3.8, 4) is 0 Å². The molecule has 0 aromatic heterocycles. The minimum Gasteiger partial charge on any atom is -0.362 e. The average Bonchev–Trinajstić information content (AvgIpc) is 3.10. The highest BCUT2D eigenvalue weighted by molar-refractivity contribution is 6.15. The fraction of sp³-hybridized carbons (Fsp3) is 0.227. The Balaban J connectivity index is 1.72. The van der Waals surface area contributed by atoms with Crippen molar-refractivity contribution in [3.05, 3.63) is 72.3 Å². The van der Waals surface area contributed by atoms with Crippen molar-refractivity contribution in [3.63, 3.8) is 0 Å². The molecule has 1 aliphatic carbocycles. The van der Waals surface area contributed by atoms with Crippen molar-refractivity contribution in [1.82, 2.24) is 0 Å². The molecule has 1 saturated carbocycles. The molecule has 2 aliphatic rings. The predicted molar refractivity (Wildman–Crippen MR) is 102 cm³/mol. The van der Waals surface area contributed by atoms with E-state index in [0.717, 1.165) is 48.0 Å². The van der Waals surface area contributed by atoms with E-state index < -0.39 is 0 Å². The zero-order valence-electron chi connectivity index (χ0n) is 14.0. The molecule has 3 aromatic carbocycles. The number of fused-ring (bicyclic) bond motifs is 2. The van der Waals surface area contributed by atoms with Crippen LogP contribution < -0.4 is 10.2 Å². The number of hydrogen-bond acceptors (Lipinski definition) is 2. The first-order valence-corrected chi connectivity index (χ1v) is 8.97. The minimum atomic E-state index is -0.298. The van der Waals surface area contributed by atoms with E-state index in [1.807, 2.05) is 53.4 Å². The number of carbonyl (C=O) groups excluding carboxylic acids is 1.